The average molecular weight is 264 g/mol. The Morgan fingerprint density at radius 3 is 2.74 bits per heavy atom. The molecule has 1 saturated carbocycles. The molecule has 0 saturated heterocycles. The van der Waals surface area contributed by atoms with E-state index in [1.807, 2.05) is 0 Å². The smallest absolute Gasteiger partial charge is 0.141 e. The molecule has 106 valence electrons. The van der Waals surface area contributed by atoms with Gasteiger partial charge in [0.05, 0.1) is 12.3 Å². The molecule has 0 radical (unpaired) electrons. The lowest BCUT2D eigenvalue weighted by Gasteiger charge is -2.22. The summed E-state index contributed by atoms with van der Waals surface area (Å²) in [4.78, 5) is 4.07. The van der Waals surface area contributed by atoms with Crippen molar-refractivity contribution in [1.29, 1.82) is 0 Å². The van der Waals surface area contributed by atoms with Crippen LogP contribution in [0.1, 0.15) is 48.9 Å². The van der Waals surface area contributed by atoms with Crippen LogP contribution in [-0.4, -0.2) is 21.7 Å². The molecular weight excluding hydrogens is 240 g/mol. The molecule has 4 nitrogen and oxygen atoms in total. The molecule has 19 heavy (non-hydrogen) atoms. The number of aliphatic hydroxyl groups is 1. The molecule has 1 heterocycles. The van der Waals surface area contributed by atoms with Gasteiger partial charge in [-0.3, -0.25) is 4.98 Å². The Morgan fingerprint density at radius 2 is 2.05 bits per heavy atom. The van der Waals surface area contributed by atoms with Crippen LogP contribution in [0.25, 0.3) is 0 Å². The molecule has 3 N–H and O–H groups in total. The van der Waals surface area contributed by atoms with E-state index in [0.29, 0.717) is 17.8 Å². The molecule has 1 aromatic rings. The number of hydrogen-bond donors (Lipinski definition) is 3. The van der Waals surface area contributed by atoms with Gasteiger partial charge in [-0.15, -0.1) is 0 Å². The molecule has 0 bridgehead atoms. The van der Waals surface area contributed by atoms with Crippen LogP contribution in [0.2, 0.25) is 0 Å². The molecular formula is C15H24N2O2. The molecule has 0 aromatic carbocycles. The second-order valence-corrected chi connectivity index (χ2v) is 5.49. The van der Waals surface area contributed by atoms with Gasteiger partial charge in [0.15, 0.2) is 0 Å². The minimum Gasteiger partial charge on any atom is -0.506 e. The first-order chi connectivity index (χ1) is 9.22. The van der Waals surface area contributed by atoms with Crippen molar-refractivity contribution in [3.63, 3.8) is 0 Å². The SMILES string of the molecule is Cc1ncc(CO)c(CNCC2CCCCC2)c1O. The summed E-state index contributed by atoms with van der Waals surface area (Å²) in [7, 11) is 0. The van der Waals surface area contributed by atoms with Gasteiger partial charge >= 0.3 is 0 Å². The summed E-state index contributed by atoms with van der Waals surface area (Å²) in [6.45, 7) is 3.29. The Hall–Kier alpha value is -1.13. The van der Waals surface area contributed by atoms with E-state index in [9.17, 15) is 10.2 Å². The zero-order chi connectivity index (χ0) is 13.7. The molecule has 4 heteroatoms. The van der Waals surface area contributed by atoms with Crippen LogP contribution in [-0.2, 0) is 13.2 Å². The highest BCUT2D eigenvalue weighted by Crippen LogP contribution is 2.25. The first-order valence-corrected chi connectivity index (χ1v) is 7.20. The maximum absolute atomic E-state index is 10.0. The first-order valence-electron chi connectivity index (χ1n) is 7.20. The minimum atomic E-state index is -0.0821. The van der Waals surface area contributed by atoms with Gasteiger partial charge in [-0.25, -0.2) is 0 Å². The van der Waals surface area contributed by atoms with Crippen molar-refractivity contribution >= 4 is 0 Å². The van der Waals surface area contributed by atoms with Crippen LogP contribution >= 0.6 is 0 Å². The number of aromatic hydroxyl groups is 1. The molecule has 0 spiro atoms. The van der Waals surface area contributed by atoms with Crippen molar-refractivity contribution < 1.29 is 10.2 Å². The number of aromatic nitrogens is 1. The number of hydrogen-bond acceptors (Lipinski definition) is 4. The standard InChI is InChI=1S/C15H24N2O2/c1-11-15(19)14(13(10-18)8-17-11)9-16-7-12-5-3-2-4-6-12/h8,12,16,18-19H,2-7,9-10H2,1H3. The molecule has 1 aliphatic rings. The summed E-state index contributed by atoms with van der Waals surface area (Å²) in [6.07, 6.45) is 8.31. The topological polar surface area (TPSA) is 65.4 Å². The Balaban J connectivity index is 1.92. The summed E-state index contributed by atoms with van der Waals surface area (Å²) in [5.74, 6) is 0.971. The monoisotopic (exact) mass is 264 g/mol. The second-order valence-electron chi connectivity index (χ2n) is 5.49. The lowest BCUT2D eigenvalue weighted by Crippen LogP contribution is -2.24. The van der Waals surface area contributed by atoms with Gasteiger partial charge in [0.25, 0.3) is 0 Å². The third-order valence-corrected chi connectivity index (χ3v) is 4.06. The van der Waals surface area contributed by atoms with Crippen LogP contribution in [0.3, 0.4) is 0 Å². The summed E-state index contributed by atoms with van der Waals surface area (Å²) in [6, 6.07) is 0. The minimum absolute atomic E-state index is 0.0821. The van der Waals surface area contributed by atoms with Crippen LogP contribution in [0.15, 0.2) is 6.20 Å². The number of aliphatic hydroxyl groups excluding tert-OH is 1. The fourth-order valence-corrected chi connectivity index (χ4v) is 2.81. The number of pyridine rings is 1. The Bertz CT molecular complexity index is 415. The van der Waals surface area contributed by atoms with Crippen LogP contribution in [0, 0.1) is 12.8 Å². The van der Waals surface area contributed by atoms with Gasteiger partial charge in [0, 0.05) is 23.9 Å². The van der Waals surface area contributed by atoms with E-state index >= 15 is 0 Å². The van der Waals surface area contributed by atoms with Crippen molar-refractivity contribution in [3.05, 3.63) is 23.0 Å². The van der Waals surface area contributed by atoms with E-state index in [2.05, 4.69) is 10.3 Å². The Labute approximate surface area is 114 Å². The van der Waals surface area contributed by atoms with E-state index in [0.717, 1.165) is 18.0 Å². The molecule has 0 unspecified atom stereocenters. The molecule has 0 amide bonds. The fourth-order valence-electron chi connectivity index (χ4n) is 2.81. The van der Waals surface area contributed by atoms with E-state index in [4.69, 9.17) is 0 Å². The van der Waals surface area contributed by atoms with E-state index in [1.54, 1.807) is 13.1 Å². The summed E-state index contributed by atoms with van der Waals surface area (Å²) >= 11 is 0. The third-order valence-electron chi connectivity index (χ3n) is 4.06. The highest BCUT2D eigenvalue weighted by Gasteiger charge is 2.14. The van der Waals surface area contributed by atoms with Gasteiger partial charge in [-0.1, -0.05) is 19.3 Å². The Kier molecular flexibility index (Phi) is 5.16. The zero-order valence-corrected chi connectivity index (χ0v) is 11.7. The summed E-state index contributed by atoms with van der Waals surface area (Å²) < 4.78 is 0. The van der Waals surface area contributed by atoms with Crippen LogP contribution in [0.4, 0.5) is 0 Å². The lowest BCUT2D eigenvalue weighted by atomic mass is 9.89. The first kappa shape index (κ1) is 14.3. The summed E-state index contributed by atoms with van der Waals surface area (Å²) in [5.41, 5.74) is 2.11. The quantitative estimate of drug-likeness (QED) is 0.763. The van der Waals surface area contributed by atoms with Crippen LogP contribution in [0.5, 0.6) is 5.75 Å². The largest absolute Gasteiger partial charge is 0.506 e. The van der Waals surface area contributed by atoms with Crippen molar-refractivity contribution in [2.45, 2.75) is 52.2 Å². The van der Waals surface area contributed by atoms with Gasteiger partial charge in [0.2, 0.25) is 0 Å². The van der Waals surface area contributed by atoms with E-state index in [1.165, 1.54) is 32.1 Å². The normalized spacial score (nSPS) is 16.7. The number of nitrogens with zero attached hydrogens (tertiary/aromatic N) is 1. The fraction of sp³-hybridized carbons (Fsp3) is 0.667. The molecule has 1 aliphatic carbocycles. The van der Waals surface area contributed by atoms with Crippen molar-refractivity contribution in [3.8, 4) is 5.75 Å². The predicted octanol–water partition coefficient (Wildman–Crippen LogP) is 2.26. The molecule has 0 atom stereocenters. The number of aryl methyl sites for hydroxylation is 1. The van der Waals surface area contributed by atoms with Gasteiger partial charge in [-0.05, 0) is 32.2 Å². The average Bonchev–Trinajstić information content (AvgIpc) is 2.45. The van der Waals surface area contributed by atoms with Gasteiger partial charge in [-0.2, -0.15) is 0 Å². The lowest BCUT2D eigenvalue weighted by molar-refractivity contribution is 0.278. The van der Waals surface area contributed by atoms with E-state index < -0.39 is 0 Å². The van der Waals surface area contributed by atoms with Gasteiger partial charge < -0.3 is 15.5 Å². The van der Waals surface area contributed by atoms with Crippen molar-refractivity contribution in [1.82, 2.24) is 10.3 Å². The third kappa shape index (κ3) is 3.67. The highest BCUT2D eigenvalue weighted by molar-refractivity contribution is 5.40. The molecule has 2 rings (SSSR count). The molecule has 1 fully saturated rings. The maximum atomic E-state index is 10.0. The second kappa shape index (κ2) is 6.87. The molecule has 1 aromatic heterocycles. The van der Waals surface area contributed by atoms with Crippen molar-refractivity contribution in [2.75, 3.05) is 6.54 Å². The highest BCUT2D eigenvalue weighted by atomic mass is 16.3. The van der Waals surface area contributed by atoms with E-state index in [-0.39, 0.29) is 12.4 Å². The molecule has 0 aliphatic heterocycles. The number of nitrogens with one attached hydrogen (secondary N) is 1. The Morgan fingerprint density at radius 1 is 1.32 bits per heavy atom. The zero-order valence-electron chi connectivity index (χ0n) is 11.7. The number of rotatable bonds is 5. The van der Waals surface area contributed by atoms with Gasteiger partial charge in [0.1, 0.15) is 5.75 Å². The van der Waals surface area contributed by atoms with Crippen molar-refractivity contribution in [2.24, 2.45) is 5.92 Å². The maximum Gasteiger partial charge on any atom is 0.141 e. The predicted molar refractivity (Wildman–Crippen MR) is 74.8 cm³/mol. The van der Waals surface area contributed by atoms with Crippen LogP contribution < -0.4 is 5.32 Å². The summed E-state index contributed by atoms with van der Waals surface area (Å²) in [5, 5.41) is 22.8.